The molecule has 0 aromatic carbocycles. The van der Waals surface area contributed by atoms with E-state index in [1.54, 1.807) is 0 Å². The predicted molar refractivity (Wildman–Crippen MR) is 95.4 cm³/mol. The van der Waals surface area contributed by atoms with Gasteiger partial charge in [0, 0.05) is 18.1 Å². The van der Waals surface area contributed by atoms with Crippen LogP contribution in [0.4, 0.5) is 0 Å². The van der Waals surface area contributed by atoms with Crippen LogP contribution in [0.1, 0.15) is 78.6 Å². The van der Waals surface area contributed by atoms with Gasteiger partial charge in [-0.2, -0.15) is 0 Å². The first-order valence-corrected chi connectivity index (χ1v) is 9.55. The average molecular weight is 310 g/mol. The highest BCUT2D eigenvalue weighted by Crippen LogP contribution is 2.40. The van der Waals surface area contributed by atoms with Gasteiger partial charge >= 0.3 is 0 Å². The number of rotatable bonds is 6. The third-order valence-corrected chi connectivity index (χ3v) is 6.62. The minimum absolute atomic E-state index is 0.219. The molecule has 2 rings (SSSR count). The third kappa shape index (κ3) is 4.94. The monoisotopic (exact) mass is 309 g/mol. The van der Waals surface area contributed by atoms with Crippen LogP contribution in [0.3, 0.4) is 0 Å². The number of hydrogen-bond donors (Lipinski definition) is 3. The molecule has 0 saturated heterocycles. The summed E-state index contributed by atoms with van der Waals surface area (Å²) >= 11 is 0. The summed E-state index contributed by atoms with van der Waals surface area (Å²) in [5, 5.41) is 0. The van der Waals surface area contributed by atoms with Crippen molar-refractivity contribution in [2.45, 2.75) is 96.7 Å². The van der Waals surface area contributed by atoms with Crippen molar-refractivity contribution in [2.24, 2.45) is 40.4 Å². The lowest BCUT2D eigenvalue weighted by atomic mass is 9.72. The minimum Gasteiger partial charge on any atom is -0.328 e. The van der Waals surface area contributed by atoms with Gasteiger partial charge in [-0.3, -0.25) is 0 Å². The van der Waals surface area contributed by atoms with Crippen LogP contribution in [0.15, 0.2) is 0 Å². The SMILES string of the molecule is CC(CCC(C)(C)CC1CCC(N)C1N)C1CCC(N)CC1. The molecular weight excluding hydrogens is 270 g/mol. The van der Waals surface area contributed by atoms with Gasteiger partial charge in [0.25, 0.3) is 0 Å². The van der Waals surface area contributed by atoms with E-state index in [2.05, 4.69) is 20.8 Å². The molecule has 4 unspecified atom stereocenters. The summed E-state index contributed by atoms with van der Waals surface area (Å²) in [6.07, 6.45) is 11.4. The van der Waals surface area contributed by atoms with Gasteiger partial charge in [-0.25, -0.2) is 0 Å². The molecule has 130 valence electrons. The van der Waals surface area contributed by atoms with Crippen LogP contribution in [0, 0.1) is 23.2 Å². The molecule has 0 bridgehead atoms. The lowest BCUT2D eigenvalue weighted by Crippen LogP contribution is -2.41. The minimum atomic E-state index is 0.219. The molecule has 0 amide bonds. The Morgan fingerprint density at radius 3 is 2.14 bits per heavy atom. The Balaban J connectivity index is 1.74. The van der Waals surface area contributed by atoms with Gasteiger partial charge in [-0.1, -0.05) is 20.8 Å². The Labute approximate surface area is 137 Å². The maximum absolute atomic E-state index is 6.28. The highest BCUT2D eigenvalue weighted by molar-refractivity contribution is 4.93. The van der Waals surface area contributed by atoms with E-state index < -0.39 is 0 Å². The third-order valence-electron chi connectivity index (χ3n) is 6.62. The molecule has 0 aromatic heterocycles. The fraction of sp³-hybridized carbons (Fsp3) is 1.00. The summed E-state index contributed by atoms with van der Waals surface area (Å²) in [5.41, 5.74) is 18.8. The van der Waals surface area contributed by atoms with Crippen LogP contribution < -0.4 is 17.2 Å². The van der Waals surface area contributed by atoms with Crippen molar-refractivity contribution in [3.05, 3.63) is 0 Å². The highest BCUT2D eigenvalue weighted by Gasteiger charge is 2.35. The lowest BCUT2D eigenvalue weighted by Gasteiger charge is -2.34. The van der Waals surface area contributed by atoms with E-state index in [0.29, 0.717) is 17.4 Å². The standard InChI is InChI=1S/C19H39N3/c1-13(14-4-7-16(20)8-5-14)10-11-19(2,3)12-15-6-9-17(21)18(15)22/h13-18H,4-12,20-22H2,1-3H3. The Bertz CT molecular complexity index is 334. The second kappa shape index (κ2) is 7.63. The van der Waals surface area contributed by atoms with Crippen molar-refractivity contribution in [2.75, 3.05) is 0 Å². The van der Waals surface area contributed by atoms with Gasteiger partial charge < -0.3 is 17.2 Å². The molecule has 2 aliphatic rings. The van der Waals surface area contributed by atoms with E-state index in [1.165, 1.54) is 51.4 Å². The van der Waals surface area contributed by atoms with Crippen LogP contribution in [-0.2, 0) is 0 Å². The van der Waals surface area contributed by atoms with Gasteiger partial charge in [0.1, 0.15) is 0 Å². The Morgan fingerprint density at radius 1 is 0.955 bits per heavy atom. The average Bonchev–Trinajstić information content (AvgIpc) is 2.77. The summed E-state index contributed by atoms with van der Waals surface area (Å²) < 4.78 is 0. The summed E-state index contributed by atoms with van der Waals surface area (Å²) in [6.45, 7) is 7.30. The first-order valence-electron chi connectivity index (χ1n) is 9.55. The predicted octanol–water partition coefficient (Wildman–Crippen LogP) is 3.40. The van der Waals surface area contributed by atoms with Gasteiger partial charge in [-0.15, -0.1) is 0 Å². The molecule has 2 saturated carbocycles. The van der Waals surface area contributed by atoms with E-state index in [9.17, 15) is 0 Å². The molecule has 0 aromatic rings. The van der Waals surface area contributed by atoms with Gasteiger partial charge in [0.05, 0.1) is 0 Å². The van der Waals surface area contributed by atoms with Crippen LogP contribution in [0.5, 0.6) is 0 Å². The zero-order valence-corrected chi connectivity index (χ0v) is 15.1. The maximum atomic E-state index is 6.28. The molecule has 0 aliphatic heterocycles. The zero-order valence-electron chi connectivity index (χ0n) is 15.1. The molecule has 22 heavy (non-hydrogen) atoms. The van der Waals surface area contributed by atoms with Crippen molar-refractivity contribution in [1.82, 2.24) is 0 Å². The van der Waals surface area contributed by atoms with E-state index >= 15 is 0 Å². The molecular formula is C19H39N3. The second-order valence-electron chi connectivity index (χ2n) is 9.14. The Morgan fingerprint density at radius 2 is 1.59 bits per heavy atom. The first kappa shape index (κ1) is 18.2. The first-order chi connectivity index (χ1) is 10.3. The van der Waals surface area contributed by atoms with Crippen molar-refractivity contribution in [3.63, 3.8) is 0 Å². The van der Waals surface area contributed by atoms with Crippen molar-refractivity contribution in [1.29, 1.82) is 0 Å². The molecule has 3 heteroatoms. The van der Waals surface area contributed by atoms with Gasteiger partial charge in [0.15, 0.2) is 0 Å². The van der Waals surface area contributed by atoms with E-state index in [4.69, 9.17) is 17.2 Å². The summed E-state index contributed by atoms with van der Waals surface area (Å²) in [7, 11) is 0. The largest absolute Gasteiger partial charge is 0.328 e. The van der Waals surface area contributed by atoms with Gasteiger partial charge in [-0.05, 0) is 81.0 Å². The lowest BCUT2D eigenvalue weighted by molar-refractivity contribution is 0.182. The molecule has 3 nitrogen and oxygen atoms in total. The van der Waals surface area contributed by atoms with E-state index in [0.717, 1.165) is 18.3 Å². The van der Waals surface area contributed by atoms with Crippen molar-refractivity contribution >= 4 is 0 Å². The van der Waals surface area contributed by atoms with E-state index in [1.807, 2.05) is 0 Å². The molecule has 6 N–H and O–H groups in total. The summed E-state index contributed by atoms with van der Waals surface area (Å²) in [5.74, 6) is 2.37. The fourth-order valence-electron chi connectivity index (χ4n) is 4.76. The Hall–Kier alpha value is -0.120. The van der Waals surface area contributed by atoms with Crippen molar-refractivity contribution in [3.8, 4) is 0 Å². The number of hydrogen-bond acceptors (Lipinski definition) is 3. The molecule has 2 fully saturated rings. The van der Waals surface area contributed by atoms with Crippen LogP contribution in [0.2, 0.25) is 0 Å². The molecule has 0 spiro atoms. The van der Waals surface area contributed by atoms with Crippen LogP contribution in [-0.4, -0.2) is 18.1 Å². The summed E-state index contributed by atoms with van der Waals surface area (Å²) in [6, 6.07) is 0.913. The maximum Gasteiger partial charge on any atom is 0.0221 e. The smallest absolute Gasteiger partial charge is 0.0221 e. The van der Waals surface area contributed by atoms with E-state index in [-0.39, 0.29) is 12.1 Å². The Kier molecular flexibility index (Phi) is 6.32. The molecule has 0 heterocycles. The quantitative estimate of drug-likeness (QED) is 0.703. The highest BCUT2D eigenvalue weighted by atomic mass is 14.8. The fourth-order valence-corrected chi connectivity index (χ4v) is 4.76. The topological polar surface area (TPSA) is 78.1 Å². The normalized spacial score (nSPS) is 38.2. The molecule has 0 radical (unpaired) electrons. The summed E-state index contributed by atoms with van der Waals surface area (Å²) in [4.78, 5) is 0. The van der Waals surface area contributed by atoms with Crippen LogP contribution in [0.25, 0.3) is 0 Å². The molecule has 2 aliphatic carbocycles. The van der Waals surface area contributed by atoms with Crippen LogP contribution >= 0.6 is 0 Å². The van der Waals surface area contributed by atoms with Gasteiger partial charge in [0.2, 0.25) is 0 Å². The van der Waals surface area contributed by atoms with Crippen molar-refractivity contribution < 1.29 is 0 Å². The zero-order chi connectivity index (χ0) is 16.3. The second-order valence-corrected chi connectivity index (χ2v) is 9.14. The number of nitrogens with two attached hydrogens (primary N) is 3. The molecule has 4 atom stereocenters.